The first-order valence-electron chi connectivity index (χ1n) is 5.23. The van der Waals surface area contributed by atoms with E-state index in [9.17, 15) is 13.5 Å². The third-order valence-corrected chi connectivity index (χ3v) is 3.33. The van der Waals surface area contributed by atoms with Crippen LogP contribution >= 0.6 is 0 Å². The topological polar surface area (TPSA) is 82.1 Å². The molecule has 6 nitrogen and oxygen atoms in total. The van der Waals surface area contributed by atoms with E-state index >= 15 is 0 Å². The number of methoxy groups -OCH3 is 1. The van der Waals surface area contributed by atoms with Gasteiger partial charge < -0.3 is 14.6 Å². The van der Waals surface area contributed by atoms with Crippen molar-refractivity contribution in [2.75, 3.05) is 20.3 Å². The number of rotatable bonds is 7. The highest BCUT2D eigenvalue weighted by molar-refractivity contribution is 7.86. The van der Waals surface area contributed by atoms with Gasteiger partial charge in [-0.25, -0.2) is 4.18 Å². The van der Waals surface area contributed by atoms with Crippen LogP contribution in [0, 0.1) is 0 Å². The Bertz CT molecular complexity index is 454. The molecule has 0 aromatic heterocycles. The van der Waals surface area contributed by atoms with E-state index in [2.05, 4.69) is 4.18 Å². The molecule has 1 aromatic rings. The Morgan fingerprint density at radius 2 is 1.83 bits per heavy atom. The fourth-order valence-electron chi connectivity index (χ4n) is 1.18. The minimum atomic E-state index is -4.07. The first kappa shape index (κ1) is 15.1. The molecule has 0 saturated carbocycles. The van der Waals surface area contributed by atoms with Crippen LogP contribution in [0.15, 0.2) is 35.2 Å². The van der Waals surface area contributed by atoms with E-state index in [0.717, 1.165) is 6.92 Å². The third kappa shape index (κ3) is 4.71. The maximum Gasteiger partial charge on any atom is 0.301 e. The van der Waals surface area contributed by atoms with Crippen molar-refractivity contribution in [2.24, 2.45) is 0 Å². The van der Waals surface area contributed by atoms with E-state index in [1.807, 2.05) is 0 Å². The highest BCUT2D eigenvalue weighted by Crippen LogP contribution is 2.19. The van der Waals surface area contributed by atoms with Crippen LogP contribution in [0.2, 0.25) is 0 Å². The van der Waals surface area contributed by atoms with Crippen LogP contribution < -0.4 is 0 Å². The van der Waals surface area contributed by atoms with Crippen molar-refractivity contribution >= 4 is 10.1 Å². The van der Waals surface area contributed by atoms with E-state index in [-0.39, 0.29) is 18.1 Å². The van der Waals surface area contributed by atoms with E-state index in [1.165, 1.54) is 19.2 Å². The summed E-state index contributed by atoms with van der Waals surface area (Å²) in [6, 6.07) is 7.50. The largest absolute Gasteiger partial charge is 0.382 e. The molecule has 0 aliphatic carbocycles. The van der Waals surface area contributed by atoms with Gasteiger partial charge in [0.1, 0.15) is 0 Å². The molecule has 7 heteroatoms. The summed E-state index contributed by atoms with van der Waals surface area (Å²) in [6.07, 6.45) is 0. The SMILES string of the molecule is COCCOC(C)(O)OS(=O)(=O)c1ccccc1. The number of aliphatic hydroxyl groups is 1. The number of benzene rings is 1. The smallest absolute Gasteiger partial charge is 0.301 e. The molecule has 1 rings (SSSR count). The Hall–Kier alpha value is -0.990. The average molecular weight is 276 g/mol. The van der Waals surface area contributed by atoms with Gasteiger partial charge >= 0.3 is 10.1 Å². The number of hydrogen-bond acceptors (Lipinski definition) is 6. The predicted molar refractivity (Wildman–Crippen MR) is 63.2 cm³/mol. The van der Waals surface area contributed by atoms with Gasteiger partial charge in [-0.2, -0.15) is 8.42 Å². The summed E-state index contributed by atoms with van der Waals surface area (Å²) in [5.74, 6) is -2.23. The molecule has 0 aliphatic heterocycles. The molecule has 0 saturated heterocycles. The van der Waals surface area contributed by atoms with Crippen LogP contribution in [0.5, 0.6) is 0 Å². The molecule has 0 radical (unpaired) electrons. The van der Waals surface area contributed by atoms with Crippen LogP contribution in [-0.4, -0.2) is 39.8 Å². The summed E-state index contributed by atoms with van der Waals surface area (Å²) in [7, 11) is -2.61. The zero-order chi connectivity index (χ0) is 13.6. The second kappa shape index (κ2) is 6.26. The van der Waals surface area contributed by atoms with E-state index in [4.69, 9.17) is 9.47 Å². The lowest BCUT2D eigenvalue weighted by Gasteiger charge is -2.22. The zero-order valence-corrected chi connectivity index (χ0v) is 11.0. The molecule has 1 atom stereocenters. The van der Waals surface area contributed by atoms with Gasteiger partial charge in [-0.15, -0.1) is 0 Å². The summed E-state index contributed by atoms with van der Waals surface area (Å²) in [5, 5.41) is 9.66. The van der Waals surface area contributed by atoms with Crippen LogP contribution in [0.25, 0.3) is 0 Å². The first-order valence-corrected chi connectivity index (χ1v) is 6.64. The maximum absolute atomic E-state index is 11.8. The van der Waals surface area contributed by atoms with Crippen LogP contribution in [0.4, 0.5) is 0 Å². The molecule has 0 bridgehead atoms. The van der Waals surface area contributed by atoms with Gasteiger partial charge in [-0.1, -0.05) is 18.2 Å². The Morgan fingerprint density at radius 3 is 2.39 bits per heavy atom. The van der Waals surface area contributed by atoms with Crippen molar-refractivity contribution in [2.45, 2.75) is 17.8 Å². The molecule has 0 spiro atoms. The monoisotopic (exact) mass is 276 g/mol. The van der Waals surface area contributed by atoms with Gasteiger partial charge in [0.2, 0.25) is 0 Å². The van der Waals surface area contributed by atoms with Crippen LogP contribution in [0.3, 0.4) is 0 Å². The number of hydrogen-bond donors (Lipinski definition) is 1. The lowest BCUT2D eigenvalue weighted by Crippen LogP contribution is -2.35. The van der Waals surface area contributed by atoms with Gasteiger partial charge in [0.25, 0.3) is 5.97 Å². The Balaban J connectivity index is 2.71. The molecule has 1 aromatic carbocycles. The minimum Gasteiger partial charge on any atom is -0.382 e. The lowest BCUT2D eigenvalue weighted by molar-refractivity contribution is -0.307. The van der Waals surface area contributed by atoms with Crippen molar-refractivity contribution < 1.29 is 27.2 Å². The summed E-state index contributed by atoms with van der Waals surface area (Å²) in [6.45, 7) is 1.32. The Morgan fingerprint density at radius 1 is 1.22 bits per heavy atom. The van der Waals surface area contributed by atoms with Crippen molar-refractivity contribution in [1.29, 1.82) is 0 Å². The molecule has 0 fully saturated rings. The third-order valence-electron chi connectivity index (χ3n) is 1.95. The highest BCUT2D eigenvalue weighted by atomic mass is 32.2. The molecule has 0 aliphatic rings. The zero-order valence-electron chi connectivity index (χ0n) is 10.2. The molecule has 0 heterocycles. The highest BCUT2D eigenvalue weighted by Gasteiger charge is 2.31. The predicted octanol–water partition coefficient (Wildman–Crippen LogP) is 0.721. The second-order valence-corrected chi connectivity index (χ2v) is 5.14. The molecule has 1 unspecified atom stereocenters. The average Bonchev–Trinajstić information content (AvgIpc) is 2.29. The standard InChI is InChI=1S/C11H16O6S/c1-11(12,16-9-8-15-2)17-18(13,14)10-6-4-3-5-7-10/h3-7,12H,8-9H2,1-2H3. The summed E-state index contributed by atoms with van der Waals surface area (Å²) in [4.78, 5) is -0.0550. The van der Waals surface area contributed by atoms with Crippen molar-refractivity contribution in [3.05, 3.63) is 30.3 Å². The molecular formula is C11H16O6S. The minimum absolute atomic E-state index is 0.00775. The maximum atomic E-state index is 11.8. The molecule has 0 amide bonds. The quantitative estimate of drug-likeness (QED) is 0.449. The van der Waals surface area contributed by atoms with E-state index in [0.29, 0.717) is 0 Å². The van der Waals surface area contributed by atoms with Crippen molar-refractivity contribution in [3.63, 3.8) is 0 Å². The van der Waals surface area contributed by atoms with Gasteiger partial charge in [0.05, 0.1) is 18.1 Å². The molecule has 18 heavy (non-hydrogen) atoms. The summed E-state index contributed by atoms with van der Waals surface area (Å²) in [5.41, 5.74) is 0. The molecular weight excluding hydrogens is 260 g/mol. The molecule has 102 valence electrons. The summed E-state index contributed by atoms with van der Waals surface area (Å²) < 4.78 is 37.7. The Kier molecular flexibility index (Phi) is 5.24. The number of ether oxygens (including phenoxy) is 2. The van der Waals surface area contributed by atoms with Gasteiger partial charge in [-0.05, 0) is 12.1 Å². The van der Waals surface area contributed by atoms with Gasteiger partial charge in [0, 0.05) is 14.0 Å². The fraction of sp³-hybridized carbons (Fsp3) is 0.455. The lowest BCUT2D eigenvalue weighted by atomic mass is 10.4. The van der Waals surface area contributed by atoms with Gasteiger partial charge in [0.15, 0.2) is 0 Å². The van der Waals surface area contributed by atoms with Crippen molar-refractivity contribution in [1.82, 2.24) is 0 Å². The first-order chi connectivity index (χ1) is 8.37. The van der Waals surface area contributed by atoms with E-state index < -0.39 is 16.1 Å². The normalized spacial score (nSPS) is 15.3. The Labute approximate surface area is 106 Å². The van der Waals surface area contributed by atoms with Crippen molar-refractivity contribution in [3.8, 4) is 0 Å². The van der Waals surface area contributed by atoms with Gasteiger partial charge in [-0.3, -0.25) is 0 Å². The van der Waals surface area contributed by atoms with Crippen LogP contribution in [0.1, 0.15) is 6.92 Å². The van der Waals surface area contributed by atoms with E-state index in [1.54, 1.807) is 18.2 Å². The fourth-order valence-corrected chi connectivity index (χ4v) is 2.22. The summed E-state index contributed by atoms with van der Waals surface area (Å²) >= 11 is 0. The second-order valence-electron chi connectivity index (χ2n) is 3.59. The van der Waals surface area contributed by atoms with Crippen LogP contribution in [-0.2, 0) is 23.8 Å². The molecule has 1 N–H and O–H groups in total.